The van der Waals surface area contributed by atoms with Crippen molar-refractivity contribution in [3.63, 3.8) is 0 Å². The number of benzene rings is 1. The first-order chi connectivity index (χ1) is 12.4. The number of amides is 2. The highest BCUT2D eigenvalue weighted by Crippen LogP contribution is 2.26. The molecular formula is C20H26N4O2. The zero-order valence-corrected chi connectivity index (χ0v) is 15.7. The van der Waals surface area contributed by atoms with Gasteiger partial charge in [0.25, 0.3) is 0 Å². The van der Waals surface area contributed by atoms with Gasteiger partial charge in [0.1, 0.15) is 0 Å². The number of pyridine rings is 1. The van der Waals surface area contributed by atoms with Crippen LogP contribution in [0.2, 0.25) is 0 Å². The molecule has 0 saturated carbocycles. The van der Waals surface area contributed by atoms with E-state index < -0.39 is 0 Å². The molecular weight excluding hydrogens is 328 g/mol. The fourth-order valence-electron chi connectivity index (χ4n) is 3.06. The molecule has 1 aromatic carbocycles. The summed E-state index contributed by atoms with van der Waals surface area (Å²) in [6, 6.07) is 11.1. The molecule has 2 aromatic rings. The second kappa shape index (κ2) is 9.10. The van der Waals surface area contributed by atoms with Crippen molar-refractivity contribution in [2.45, 2.75) is 26.8 Å². The second-order valence-electron chi connectivity index (χ2n) is 6.70. The monoisotopic (exact) mass is 354 g/mol. The van der Waals surface area contributed by atoms with Crippen molar-refractivity contribution in [3.8, 4) is 0 Å². The molecule has 26 heavy (non-hydrogen) atoms. The number of anilines is 2. The molecule has 0 unspecified atom stereocenters. The van der Waals surface area contributed by atoms with E-state index in [1.807, 2.05) is 30.3 Å². The zero-order valence-electron chi connectivity index (χ0n) is 15.7. The molecule has 0 aliphatic rings. The van der Waals surface area contributed by atoms with Crippen molar-refractivity contribution >= 4 is 23.2 Å². The van der Waals surface area contributed by atoms with Crippen molar-refractivity contribution in [1.29, 1.82) is 0 Å². The van der Waals surface area contributed by atoms with Crippen LogP contribution in [-0.4, -0.2) is 35.3 Å². The minimum absolute atomic E-state index is 0.0886. The van der Waals surface area contributed by atoms with Crippen LogP contribution in [0, 0.1) is 5.92 Å². The van der Waals surface area contributed by atoms with Crippen LogP contribution in [-0.2, 0) is 9.59 Å². The number of carbonyl (C=O) groups excluding carboxylic acids is 2. The summed E-state index contributed by atoms with van der Waals surface area (Å²) in [4.78, 5) is 29.7. The van der Waals surface area contributed by atoms with Gasteiger partial charge in [0, 0.05) is 36.7 Å². The van der Waals surface area contributed by atoms with Gasteiger partial charge in [0.05, 0.1) is 6.54 Å². The van der Waals surface area contributed by atoms with Crippen LogP contribution in [0.15, 0.2) is 48.8 Å². The summed E-state index contributed by atoms with van der Waals surface area (Å²) in [5, 5.41) is 5.59. The van der Waals surface area contributed by atoms with Crippen molar-refractivity contribution in [2.75, 3.05) is 24.2 Å². The van der Waals surface area contributed by atoms with Crippen LogP contribution >= 0.6 is 0 Å². The largest absolute Gasteiger partial charge is 0.326 e. The maximum atomic E-state index is 12.4. The molecule has 6 heteroatoms. The Balaban J connectivity index is 1.98. The van der Waals surface area contributed by atoms with Crippen LogP contribution < -0.4 is 10.6 Å². The predicted molar refractivity (Wildman–Crippen MR) is 104 cm³/mol. The minimum Gasteiger partial charge on any atom is -0.326 e. The number of hydrogen-bond donors (Lipinski definition) is 2. The standard InChI is InChI=1S/C20H26N4O2/c1-14(2)20(16-6-5-11-21-12-16)24(4)13-19(26)23-18-9-7-17(8-10-18)22-15(3)25/h5-12,14,20H,13H2,1-4H3,(H,22,25)(H,23,26)/t20-/m0/s1. The van der Waals surface area contributed by atoms with Gasteiger partial charge in [-0.05, 0) is 48.9 Å². The molecule has 2 rings (SSSR count). The van der Waals surface area contributed by atoms with E-state index in [4.69, 9.17) is 0 Å². The molecule has 0 aliphatic carbocycles. The smallest absolute Gasteiger partial charge is 0.238 e. The van der Waals surface area contributed by atoms with Gasteiger partial charge in [-0.25, -0.2) is 0 Å². The van der Waals surface area contributed by atoms with E-state index in [0.717, 1.165) is 5.56 Å². The average molecular weight is 354 g/mol. The van der Waals surface area contributed by atoms with E-state index in [1.54, 1.807) is 30.5 Å². The van der Waals surface area contributed by atoms with Crippen molar-refractivity contribution in [2.24, 2.45) is 5.92 Å². The summed E-state index contributed by atoms with van der Waals surface area (Å²) in [6.07, 6.45) is 3.60. The van der Waals surface area contributed by atoms with Crippen LogP contribution in [0.25, 0.3) is 0 Å². The third kappa shape index (κ3) is 5.67. The Morgan fingerprint density at radius 1 is 1.08 bits per heavy atom. The van der Waals surface area contributed by atoms with E-state index in [-0.39, 0.29) is 24.4 Å². The summed E-state index contributed by atoms with van der Waals surface area (Å²) in [5.74, 6) is 0.127. The summed E-state index contributed by atoms with van der Waals surface area (Å²) in [5.41, 5.74) is 2.49. The third-order valence-electron chi connectivity index (χ3n) is 4.01. The summed E-state index contributed by atoms with van der Waals surface area (Å²) >= 11 is 0. The molecule has 0 radical (unpaired) electrons. The molecule has 0 aliphatic heterocycles. The Morgan fingerprint density at radius 3 is 2.19 bits per heavy atom. The van der Waals surface area contributed by atoms with Crippen LogP contribution in [0.1, 0.15) is 32.4 Å². The number of likely N-dealkylation sites (N-methyl/N-ethyl adjacent to an activating group) is 1. The quantitative estimate of drug-likeness (QED) is 0.800. The Kier molecular flexibility index (Phi) is 6.86. The van der Waals surface area contributed by atoms with Crippen molar-refractivity contribution in [3.05, 3.63) is 54.4 Å². The van der Waals surface area contributed by atoms with Crippen LogP contribution in [0.4, 0.5) is 11.4 Å². The molecule has 1 heterocycles. The number of rotatable bonds is 7. The van der Waals surface area contributed by atoms with E-state index in [2.05, 4.69) is 29.5 Å². The lowest BCUT2D eigenvalue weighted by Crippen LogP contribution is -2.35. The Morgan fingerprint density at radius 2 is 1.69 bits per heavy atom. The predicted octanol–water partition coefficient (Wildman–Crippen LogP) is 3.31. The first-order valence-electron chi connectivity index (χ1n) is 8.64. The van der Waals surface area contributed by atoms with Gasteiger partial charge < -0.3 is 10.6 Å². The van der Waals surface area contributed by atoms with E-state index >= 15 is 0 Å². The molecule has 138 valence electrons. The number of aromatic nitrogens is 1. The molecule has 1 atom stereocenters. The summed E-state index contributed by atoms with van der Waals surface area (Å²) < 4.78 is 0. The van der Waals surface area contributed by atoms with Gasteiger partial charge in [-0.3, -0.25) is 19.5 Å². The number of nitrogens with zero attached hydrogens (tertiary/aromatic N) is 2. The highest BCUT2D eigenvalue weighted by molar-refractivity contribution is 5.93. The molecule has 0 bridgehead atoms. The molecule has 0 saturated heterocycles. The second-order valence-corrected chi connectivity index (χ2v) is 6.70. The first kappa shape index (κ1) is 19.6. The van der Waals surface area contributed by atoms with E-state index in [9.17, 15) is 9.59 Å². The lowest BCUT2D eigenvalue weighted by Gasteiger charge is -2.30. The normalized spacial score (nSPS) is 12.1. The number of hydrogen-bond acceptors (Lipinski definition) is 4. The lowest BCUT2D eigenvalue weighted by molar-refractivity contribution is -0.117. The summed E-state index contributed by atoms with van der Waals surface area (Å²) in [7, 11) is 1.94. The van der Waals surface area contributed by atoms with Gasteiger partial charge in [0.15, 0.2) is 0 Å². The van der Waals surface area contributed by atoms with Crippen molar-refractivity contribution in [1.82, 2.24) is 9.88 Å². The summed E-state index contributed by atoms with van der Waals surface area (Å²) in [6.45, 7) is 5.99. The van der Waals surface area contributed by atoms with Gasteiger partial charge in [-0.1, -0.05) is 19.9 Å². The van der Waals surface area contributed by atoms with Gasteiger partial charge in [-0.2, -0.15) is 0 Å². The van der Waals surface area contributed by atoms with Gasteiger partial charge in [-0.15, -0.1) is 0 Å². The zero-order chi connectivity index (χ0) is 19.1. The number of nitrogens with one attached hydrogen (secondary N) is 2. The molecule has 0 spiro atoms. The Bertz CT molecular complexity index is 729. The highest BCUT2D eigenvalue weighted by Gasteiger charge is 2.22. The fraction of sp³-hybridized carbons (Fsp3) is 0.350. The van der Waals surface area contributed by atoms with Crippen LogP contribution in [0.5, 0.6) is 0 Å². The molecule has 2 N–H and O–H groups in total. The molecule has 6 nitrogen and oxygen atoms in total. The lowest BCUT2D eigenvalue weighted by atomic mass is 9.96. The highest BCUT2D eigenvalue weighted by atomic mass is 16.2. The van der Waals surface area contributed by atoms with E-state index in [0.29, 0.717) is 17.3 Å². The minimum atomic E-state index is -0.126. The topological polar surface area (TPSA) is 74.3 Å². The average Bonchev–Trinajstić information content (AvgIpc) is 2.57. The van der Waals surface area contributed by atoms with Gasteiger partial charge in [0.2, 0.25) is 11.8 Å². The molecule has 2 amide bonds. The molecule has 1 aromatic heterocycles. The maximum Gasteiger partial charge on any atom is 0.238 e. The van der Waals surface area contributed by atoms with E-state index in [1.165, 1.54) is 6.92 Å². The maximum absolute atomic E-state index is 12.4. The first-order valence-corrected chi connectivity index (χ1v) is 8.64. The van der Waals surface area contributed by atoms with Crippen molar-refractivity contribution < 1.29 is 9.59 Å². The third-order valence-corrected chi connectivity index (χ3v) is 4.01. The number of carbonyl (C=O) groups is 2. The van der Waals surface area contributed by atoms with Gasteiger partial charge >= 0.3 is 0 Å². The Labute approximate surface area is 154 Å². The molecule has 0 fully saturated rings. The Hall–Kier alpha value is -2.73. The fourth-order valence-corrected chi connectivity index (χ4v) is 3.06. The SMILES string of the molecule is CC(=O)Nc1ccc(NC(=O)CN(C)[C@H](c2cccnc2)C(C)C)cc1. The van der Waals surface area contributed by atoms with Crippen LogP contribution in [0.3, 0.4) is 0 Å².